The Labute approximate surface area is 241 Å². The Morgan fingerprint density at radius 3 is 2.46 bits per heavy atom. The number of rotatable bonds is 8. The SMILES string of the molecule is CCc1c(CN2CCC(C(=O)OC(=O)C(F)(F)F)CC2)cccc1-c1nnc(-c2ccc(CC(C)C)c(C#N)c2)s1. The lowest BCUT2D eigenvalue weighted by molar-refractivity contribution is -0.203. The summed E-state index contributed by atoms with van der Waals surface area (Å²) in [7, 11) is 0. The average molecular weight is 585 g/mol. The van der Waals surface area contributed by atoms with Crippen LogP contribution in [0.25, 0.3) is 21.1 Å². The van der Waals surface area contributed by atoms with E-state index < -0.39 is 24.0 Å². The minimum Gasteiger partial charge on any atom is -0.386 e. The van der Waals surface area contributed by atoms with Crippen LogP contribution in [0.2, 0.25) is 0 Å². The molecule has 0 atom stereocenters. The molecule has 0 radical (unpaired) electrons. The zero-order valence-corrected chi connectivity index (χ0v) is 23.9. The van der Waals surface area contributed by atoms with Crippen LogP contribution in [0.15, 0.2) is 36.4 Å². The molecule has 0 unspecified atom stereocenters. The van der Waals surface area contributed by atoms with E-state index in [0.29, 0.717) is 44.0 Å². The second kappa shape index (κ2) is 12.9. The van der Waals surface area contributed by atoms with Crippen molar-refractivity contribution in [2.45, 2.75) is 59.2 Å². The van der Waals surface area contributed by atoms with Crippen molar-refractivity contribution in [1.29, 1.82) is 5.26 Å². The van der Waals surface area contributed by atoms with Crippen LogP contribution in [0.3, 0.4) is 0 Å². The van der Waals surface area contributed by atoms with E-state index in [-0.39, 0.29) is 0 Å². The molecule has 7 nitrogen and oxygen atoms in total. The Hall–Kier alpha value is -3.62. The summed E-state index contributed by atoms with van der Waals surface area (Å²) in [6.45, 7) is 7.89. The summed E-state index contributed by atoms with van der Waals surface area (Å²) in [5, 5.41) is 20.1. The Bertz CT molecular complexity index is 1450. The van der Waals surface area contributed by atoms with E-state index in [0.717, 1.165) is 50.7 Å². The van der Waals surface area contributed by atoms with E-state index >= 15 is 0 Å². The lowest BCUT2D eigenvalue weighted by atomic mass is 9.95. The van der Waals surface area contributed by atoms with Crippen molar-refractivity contribution in [3.63, 3.8) is 0 Å². The molecule has 4 rings (SSSR count). The van der Waals surface area contributed by atoms with Gasteiger partial charge in [0.15, 0.2) is 0 Å². The monoisotopic (exact) mass is 584 g/mol. The van der Waals surface area contributed by atoms with Gasteiger partial charge in [0, 0.05) is 17.7 Å². The quantitative estimate of drug-likeness (QED) is 0.225. The molecular weight excluding hydrogens is 553 g/mol. The standard InChI is InChI=1S/C30H31F3N4O3S/c1-4-24-22(17-37-12-10-19(11-13-37)28(38)40-29(39)30(31,32)33)6-5-7-25(24)27-36-35-26(41-27)21-9-8-20(14-18(2)3)23(15-21)16-34/h5-9,15,18-19H,4,10-14,17H2,1-3H3. The van der Waals surface area contributed by atoms with Gasteiger partial charge in [-0.1, -0.05) is 62.4 Å². The molecule has 0 N–H and O–H groups in total. The lowest BCUT2D eigenvalue weighted by Crippen LogP contribution is -2.38. The van der Waals surface area contributed by atoms with Gasteiger partial charge in [-0.15, -0.1) is 10.2 Å². The minimum atomic E-state index is -5.19. The zero-order chi connectivity index (χ0) is 29.7. The molecule has 0 aliphatic carbocycles. The summed E-state index contributed by atoms with van der Waals surface area (Å²) in [5.41, 5.74) is 5.72. The third-order valence-electron chi connectivity index (χ3n) is 7.13. The Morgan fingerprint density at radius 1 is 1.12 bits per heavy atom. The summed E-state index contributed by atoms with van der Waals surface area (Å²) >= 11 is 1.47. The van der Waals surface area contributed by atoms with Crippen LogP contribution in [-0.4, -0.2) is 46.3 Å². The molecule has 1 aromatic heterocycles. The Kier molecular flexibility index (Phi) is 9.56. The number of ether oxygens (including phenoxy) is 1. The molecule has 0 spiro atoms. The number of alkyl halides is 3. The molecule has 3 aromatic rings. The van der Waals surface area contributed by atoms with Gasteiger partial charge < -0.3 is 4.74 Å². The number of aromatic nitrogens is 2. The highest BCUT2D eigenvalue weighted by Gasteiger charge is 2.43. The largest absolute Gasteiger partial charge is 0.491 e. The first kappa shape index (κ1) is 30.3. The van der Waals surface area contributed by atoms with Crippen LogP contribution >= 0.6 is 11.3 Å². The molecule has 216 valence electrons. The third-order valence-corrected chi connectivity index (χ3v) is 8.13. The number of hydrogen-bond acceptors (Lipinski definition) is 8. The number of nitriles is 1. The first-order chi connectivity index (χ1) is 19.5. The maximum Gasteiger partial charge on any atom is 0.491 e. The lowest BCUT2D eigenvalue weighted by Gasteiger charge is -2.31. The normalized spacial score (nSPS) is 14.7. The summed E-state index contributed by atoms with van der Waals surface area (Å²) in [6.07, 6.45) is -2.98. The van der Waals surface area contributed by atoms with E-state index in [1.165, 1.54) is 11.3 Å². The van der Waals surface area contributed by atoms with E-state index in [4.69, 9.17) is 0 Å². The fraction of sp³-hybridized carbons (Fsp3) is 0.433. The van der Waals surface area contributed by atoms with Crippen molar-refractivity contribution >= 4 is 23.3 Å². The van der Waals surface area contributed by atoms with Gasteiger partial charge in [0.1, 0.15) is 10.0 Å². The number of carbonyl (C=O) groups excluding carboxylic acids is 2. The molecule has 41 heavy (non-hydrogen) atoms. The Morgan fingerprint density at radius 2 is 1.83 bits per heavy atom. The molecule has 11 heteroatoms. The van der Waals surface area contributed by atoms with Crippen LogP contribution in [0.5, 0.6) is 0 Å². The molecule has 1 aliphatic rings. The highest BCUT2D eigenvalue weighted by molar-refractivity contribution is 7.17. The van der Waals surface area contributed by atoms with Crippen molar-refractivity contribution in [1.82, 2.24) is 15.1 Å². The summed E-state index contributed by atoms with van der Waals surface area (Å²) in [6, 6.07) is 14.2. The second-order valence-corrected chi connectivity index (χ2v) is 11.5. The molecule has 2 aromatic carbocycles. The predicted molar refractivity (Wildman–Crippen MR) is 149 cm³/mol. The van der Waals surface area contributed by atoms with Gasteiger partial charge in [-0.25, -0.2) is 4.79 Å². The van der Waals surface area contributed by atoms with Crippen molar-refractivity contribution in [3.8, 4) is 27.2 Å². The molecule has 1 saturated heterocycles. The molecule has 2 heterocycles. The highest BCUT2D eigenvalue weighted by Crippen LogP contribution is 2.35. The second-order valence-electron chi connectivity index (χ2n) is 10.5. The van der Waals surface area contributed by atoms with Crippen molar-refractivity contribution in [3.05, 3.63) is 58.7 Å². The Balaban J connectivity index is 1.46. The maximum atomic E-state index is 12.4. The van der Waals surface area contributed by atoms with Gasteiger partial charge in [-0.3, -0.25) is 9.69 Å². The fourth-order valence-corrected chi connectivity index (χ4v) is 5.97. The van der Waals surface area contributed by atoms with Crippen LogP contribution in [-0.2, 0) is 33.7 Å². The van der Waals surface area contributed by atoms with Crippen LogP contribution in [0.4, 0.5) is 13.2 Å². The number of esters is 2. The van der Waals surface area contributed by atoms with Gasteiger partial charge >= 0.3 is 18.1 Å². The number of halogens is 3. The molecule has 0 bridgehead atoms. The van der Waals surface area contributed by atoms with Crippen molar-refractivity contribution in [2.24, 2.45) is 11.8 Å². The fourth-order valence-electron chi connectivity index (χ4n) is 5.08. The summed E-state index contributed by atoms with van der Waals surface area (Å²) < 4.78 is 41.3. The van der Waals surface area contributed by atoms with E-state index in [1.807, 2.05) is 36.4 Å². The number of likely N-dealkylation sites (tertiary alicyclic amines) is 1. The number of benzene rings is 2. The number of carbonyl (C=O) groups is 2. The predicted octanol–water partition coefficient (Wildman–Crippen LogP) is 6.35. The first-order valence-electron chi connectivity index (χ1n) is 13.5. The molecular formula is C30H31F3N4O3S. The topological polar surface area (TPSA) is 96.2 Å². The summed E-state index contributed by atoms with van der Waals surface area (Å²) in [4.78, 5) is 25.2. The third kappa shape index (κ3) is 7.37. The summed E-state index contributed by atoms with van der Waals surface area (Å²) in [5.74, 6) is -3.89. The average Bonchev–Trinajstić information content (AvgIpc) is 3.43. The molecule has 1 aliphatic heterocycles. The highest BCUT2D eigenvalue weighted by atomic mass is 32.1. The maximum absolute atomic E-state index is 12.4. The zero-order valence-electron chi connectivity index (χ0n) is 23.1. The van der Waals surface area contributed by atoms with Gasteiger partial charge in [-0.05, 0) is 67.4 Å². The van der Waals surface area contributed by atoms with Gasteiger partial charge in [0.2, 0.25) is 0 Å². The smallest absolute Gasteiger partial charge is 0.386 e. The van der Waals surface area contributed by atoms with Crippen LogP contribution in [0, 0.1) is 23.2 Å². The number of nitrogens with zero attached hydrogens (tertiary/aromatic N) is 4. The van der Waals surface area contributed by atoms with Crippen molar-refractivity contribution < 1.29 is 27.5 Å². The first-order valence-corrected chi connectivity index (χ1v) is 14.3. The van der Waals surface area contributed by atoms with E-state index in [1.54, 1.807) is 0 Å². The van der Waals surface area contributed by atoms with Gasteiger partial charge in [-0.2, -0.15) is 18.4 Å². The van der Waals surface area contributed by atoms with Gasteiger partial charge in [0.05, 0.1) is 17.6 Å². The molecule has 0 amide bonds. The van der Waals surface area contributed by atoms with Gasteiger partial charge in [0.25, 0.3) is 0 Å². The number of piperidine rings is 1. The van der Waals surface area contributed by atoms with E-state index in [2.05, 4.69) is 46.7 Å². The van der Waals surface area contributed by atoms with Crippen LogP contribution < -0.4 is 0 Å². The van der Waals surface area contributed by atoms with Crippen molar-refractivity contribution in [2.75, 3.05) is 13.1 Å². The van der Waals surface area contributed by atoms with Crippen LogP contribution in [0.1, 0.15) is 55.9 Å². The molecule has 0 saturated carbocycles. The van der Waals surface area contributed by atoms with E-state index in [9.17, 15) is 28.0 Å². The molecule has 1 fully saturated rings. The number of hydrogen-bond donors (Lipinski definition) is 0. The minimum absolute atomic E-state index is 0.311.